The molecule has 0 aromatic rings. The summed E-state index contributed by atoms with van der Waals surface area (Å²) < 4.78 is 21.9. The molecule has 1 fully saturated rings. The van der Waals surface area contributed by atoms with E-state index in [9.17, 15) is 13.2 Å². The van der Waals surface area contributed by atoms with Crippen LogP contribution in [0, 0.1) is 0 Å². The lowest BCUT2D eigenvalue weighted by Gasteiger charge is -2.30. The summed E-state index contributed by atoms with van der Waals surface area (Å²) in [6.45, 7) is 4.58. The normalized spacial score (nSPS) is 21.2. The molecule has 1 atom stereocenters. The molecule has 5 nitrogen and oxygen atoms in total. The molecule has 19 heavy (non-hydrogen) atoms. The number of hydrogen-bond acceptors (Lipinski definition) is 4. The number of amides is 1. The number of piperidine rings is 1. The van der Waals surface area contributed by atoms with Gasteiger partial charge in [-0.05, 0) is 39.7 Å². The van der Waals surface area contributed by atoms with Gasteiger partial charge in [-0.25, -0.2) is 8.42 Å². The van der Waals surface area contributed by atoms with E-state index in [2.05, 4.69) is 5.32 Å². The first-order valence-corrected chi connectivity index (χ1v) is 8.74. The van der Waals surface area contributed by atoms with Crippen LogP contribution in [0.3, 0.4) is 0 Å². The lowest BCUT2D eigenvalue weighted by Crippen LogP contribution is -2.49. The molecule has 0 bridgehead atoms. The third-order valence-corrected chi connectivity index (χ3v) is 6.04. The summed E-state index contributed by atoms with van der Waals surface area (Å²) in [4.78, 5) is 13.7. The van der Waals surface area contributed by atoms with Crippen LogP contribution in [0.2, 0.25) is 0 Å². The second kappa shape index (κ2) is 6.22. The Balaban J connectivity index is 2.53. The summed E-state index contributed by atoms with van der Waals surface area (Å²) in [7, 11) is -1.72. The van der Waals surface area contributed by atoms with Gasteiger partial charge in [0.15, 0.2) is 9.84 Å². The first-order valence-electron chi connectivity index (χ1n) is 6.85. The van der Waals surface area contributed by atoms with Gasteiger partial charge in [-0.15, -0.1) is 0 Å². The van der Waals surface area contributed by atoms with Crippen LogP contribution in [-0.2, 0) is 14.6 Å². The highest BCUT2D eigenvalue weighted by atomic mass is 32.2. The Morgan fingerprint density at radius 1 is 1.37 bits per heavy atom. The van der Waals surface area contributed by atoms with Gasteiger partial charge in [-0.2, -0.15) is 0 Å². The number of nitrogens with zero attached hydrogens (tertiary/aromatic N) is 1. The van der Waals surface area contributed by atoms with Gasteiger partial charge in [-0.1, -0.05) is 6.42 Å². The minimum atomic E-state index is -3.40. The van der Waals surface area contributed by atoms with Gasteiger partial charge in [-0.3, -0.25) is 4.79 Å². The van der Waals surface area contributed by atoms with Crippen molar-refractivity contribution in [1.29, 1.82) is 0 Å². The maximum Gasteiger partial charge on any atom is 0.243 e. The van der Waals surface area contributed by atoms with E-state index in [0.29, 0.717) is 12.6 Å². The first-order chi connectivity index (χ1) is 8.66. The van der Waals surface area contributed by atoms with E-state index in [0.717, 1.165) is 25.6 Å². The largest absolute Gasteiger partial charge is 0.344 e. The third-order valence-electron chi connectivity index (χ3n) is 4.01. The summed E-state index contributed by atoms with van der Waals surface area (Å²) in [6, 6.07) is 0.449. The number of carbonyl (C=O) groups is 1. The topological polar surface area (TPSA) is 66.5 Å². The van der Waals surface area contributed by atoms with Gasteiger partial charge in [0.2, 0.25) is 5.91 Å². The van der Waals surface area contributed by atoms with Crippen LogP contribution < -0.4 is 5.32 Å². The van der Waals surface area contributed by atoms with Crippen molar-refractivity contribution in [3.05, 3.63) is 0 Å². The third kappa shape index (κ3) is 4.18. The number of rotatable bonds is 5. The molecular formula is C13H26N2O3S. The van der Waals surface area contributed by atoms with Gasteiger partial charge in [0.1, 0.15) is 4.75 Å². The van der Waals surface area contributed by atoms with Crippen LogP contribution in [0.5, 0.6) is 0 Å². The molecule has 0 radical (unpaired) electrons. The number of nitrogens with one attached hydrogen (secondary N) is 1. The molecule has 112 valence electrons. The smallest absolute Gasteiger partial charge is 0.243 e. The predicted octanol–water partition coefficient (Wildman–Crippen LogP) is 0.800. The van der Waals surface area contributed by atoms with Gasteiger partial charge < -0.3 is 10.2 Å². The number of sulfone groups is 1. The summed E-state index contributed by atoms with van der Waals surface area (Å²) in [5.41, 5.74) is 0. The fraction of sp³-hybridized carbons (Fsp3) is 0.923. The van der Waals surface area contributed by atoms with Gasteiger partial charge in [0.05, 0.1) is 0 Å². The minimum Gasteiger partial charge on any atom is -0.344 e. The van der Waals surface area contributed by atoms with Crippen LogP contribution in [0.4, 0.5) is 0 Å². The Labute approximate surface area is 116 Å². The second-order valence-corrected chi connectivity index (χ2v) is 8.51. The highest BCUT2D eigenvalue weighted by Gasteiger charge is 2.40. The van der Waals surface area contributed by atoms with Gasteiger partial charge >= 0.3 is 0 Å². The van der Waals surface area contributed by atoms with Crippen molar-refractivity contribution in [3.8, 4) is 0 Å². The Bertz CT molecular complexity index is 412. The molecule has 0 saturated carbocycles. The quantitative estimate of drug-likeness (QED) is 0.813. The average Bonchev–Trinajstić information content (AvgIpc) is 2.34. The van der Waals surface area contributed by atoms with Gasteiger partial charge in [0.25, 0.3) is 0 Å². The van der Waals surface area contributed by atoms with Crippen LogP contribution in [0.1, 0.15) is 39.5 Å². The molecule has 1 N–H and O–H groups in total. The molecule has 1 aliphatic rings. The number of hydrogen-bond donors (Lipinski definition) is 1. The second-order valence-electron chi connectivity index (χ2n) is 5.94. The van der Waals surface area contributed by atoms with Crippen molar-refractivity contribution in [1.82, 2.24) is 10.2 Å². The van der Waals surface area contributed by atoms with Crippen molar-refractivity contribution in [2.24, 2.45) is 0 Å². The zero-order valence-electron chi connectivity index (χ0n) is 12.4. The van der Waals surface area contributed by atoms with Crippen LogP contribution in [0.15, 0.2) is 0 Å². The van der Waals surface area contributed by atoms with E-state index in [-0.39, 0.29) is 5.91 Å². The Morgan fingerprint density at radius 3 is 2.47 bits per heavy atom. The molecule has 0 aromatic carbocycles. The Morgan fingerprint density at radius 2 is 2.00 bits per heavy atom. The van der Waals surface area contributed by atoms with E-state index >= 15 is 0 Å². The maximum absolute atomic E-state index is 12.2. The monoisotopic (exact) mass is 290 g/mol. The van der Waals surface area contributed by atoms with E-state index < -0.39 is 14.6 Å². The van der Waals surface area contributed by atoms with Crippen LogP contribution in [0.25, 0.3) is 0 Å². The van der Waals surface area contributed by atoms with Crippen molar-refractivity contribution >= 4 is 15.7 Å². The predicted molar refractivity (Wildman–Crippen MR) is 76.8 cm³/mol. The molecule has 1 saturated heterocycles. The molecule has 1 unspecified atom stereocenters. The molecule has 0 aliphatic carbocycles. The molecule has 1 amide bonds. The highest BCUT2D eigenvalue weighted by Crippen LogP contribution is 2.19. The van der Waals surface area contributed by atoms with Crippen molar-refractivity contribution in [2.45, 2.75) is 50.3 Å². The summed E-state index contributed by atoms with van der Waals surface area (Å²) in [6.07, 6.45) is 5.57. The molecule has 0 spiro atoms. The average molecular weight is 290 g/mol. The maximum atomic E-state index is 12.2. The van der Waals surface area contributed by atoms with Crippen molar-refractivity contribution < 1.29 is 13.2 Å². The van der Waals surface area contributed by atoms with Crippen LogP contribution in [-0.4, -0.2) is 56.4 Å². The molecule has 0 aromatic heterocycles. The molecule has 1 rings (SSSR count). The zero-order valence-corrected chi connectivity index (χ0v) is 13.2. The van der Waals surface area contributed by atoms with Crippen molar-refractivity contribution in [2.75, 3.05) is 26.4 Å². The zero-order chi connectivity index (χ0) is 14.7. The van der Waals surface area contributed by atoms with E-state index in [1.54, 1.807) is 7.05 Å². The lowest BCUT2D eigenvalue weighted by atomic mass is 10.0. The molecule has 1 aliphatic heterocycles. The molecular weight excluding hydrogens is 264 g/mol. The fourth-order valence-electron chi connectivity index (χ4n) is 2.24. The Kier molecular flexibility index (Phi) is 5.38. The Hall–Kier alpha value is -0.620. The lowest BCUT2D eigenvalue weighted by molar-refractivity contribution is -0.131. The number of carbonyl (C=O) groups excluding carboxylic acids is 1. The summed E-state index contributed by atoms with van der Waals surface area (Å²) >= 11 is 0. The highest BCUT2D eigenvalue weighted by molar-refractivity contribution is 7.92. The molecule has 6 heteroatoms. The van der Waals surface area contributed by atoms with Crippen LogP contribution >= 0.6 is 0 Å². The molecule has 1 heterocycles. The van der Waals surface area contributed by atoms with E-state index in [1.165, 1.54) is 31.6 Å². The summed E-state index contributed by atoms with van der Waals surface area (Å²) in [5.74, 6) is -0.328. The van der Waals surface area contributed by atoms with E-state index in [4.69, 9.17) is 0 Å². The van der Waals surface area contributed by atoms with E-state index in [1.807, 2.05) is 0 Å². The summed E-state index contributed by atoms with van der Waals surface area (Å²) in [5, 5.41) is 3.43. The fourth-order valence-corrected chi connectivity index (χ4v) is 2.71. The first kappa shape index (κ1) is 16.4. The SMILES string of the molecule is CN(CCC1CCCCN1)C(=O)C(C)(C)S(C)(=O)=O. The van der Waals surface area contributed by atoms with Crippen molar-refractivity contribution in [3.63, 3.8) is 0 Å². The minimum absolute atomic E-state index is 0.328. The van der Waals surface area contributed by atoms with Gasteiger partial charge in [0, 0.05) is 25.9 Å². The standard InChI is InChI=1S/C13H26N2O3S/c1-13(2,19(4,17)18)12(16)15(3)10-8-11-7-5-6-9-14-11/h11,14H,5-10H2,1-4H3.